The SMILES string of the molecule is CC1(C(N)c2cc(Cl)cnc2N)CCCO1. The van der Waals surface area contributed by atoms with Crippen LogP contribution in [0.3, 0.4) is 0 Å². The normalized spacial score (nSPS) is 26.9. The van der Waals surface area contributed by atoms with Crippen molar-refractivity contribution >= 4 is 17.4 Å². The fraction of sp³-hybridized carbons (Fsp3) is 0.545. The molecule has 0 saturated carbocycles. The molecular weight excluding hydrogens is 226 g/mol. The molecule has 1 aromatic rings. The number of halogens is 1. The highest BCUT2D eigenvalue weighted by molar-refractivity contribution is 6.30. The summed E-state index contributed by atoms with van der Waals surface area (Å²) >= 11 is 5.90. The van der Waals surface area contributed by atoms with E-state index in [0.717, 1.165) is 25.0 Å². The summed E-state index contributed by atoms with van der Waals surface area (Å²) in [5.74, 6) is 0.425. The highest BCUT2D eigenvalue weighted by Gasteiger charge is 2.38. The van der Waals surface area contributed by atoms with Gasteiger partial charge in [0.05, 0.1) is 16.7 Å². The second-order valence-electron chi connectivity index (χ2n) is 4.37. The quantitative estimate of drug-likeness (QED) is 0.829. The summed E-state index contributed by atoms with van der Waals surface area (Å²) in [5.41, 5.74) is 12.4. The number of nitrogens with zero attached hydrogens (tertiary/aromatic N) is 1. The van der Waals surface area contributed by atoms with Gasteiger partial charge in [-0.25, -0.2) is 4.98 Å². The van der Waals surface area contributed by atoms with E-state index in [9.17, 15) is 0 Å². The first-order valence-corrected chi connectivity index (χ1v) is 5.71. The Kier molecular flexibility index (Phi) is 3.06. The van der Waals surface area contributed by atoms with Gasteiger partial charge in [-0.1, -0.05) is 11.6 Å². The summed E-state index contributed by atoms with van der Waals surface area (Å²) in [4.78, 5) is 4.01. The zero-order chi connectivity index (χ0) is 11.8. The van der Waals surface area contributed by atoms with Crippen LogP contribution in [0.25, 0.3) is 0 Å². The van der Waals surface area contributed by atoms with Gasteiger partial charge in [0.1, 0.15) is 5.82 Å². The van der Waals surface area contributed by atoms with E-state index in [1.807, 2.05) is 6.92 Å². The fourth-order valence-corrected chi connectivity index (χ4v) is 2.26. The molecule has 0 spiro atoms. The smallest absolute Gasteiger partial charge is 0.128 e. The zero-order valence-corrected chi connectivity index (χ0v) is 10.00. The summed E-state index contributed by atoms with van der Waals surface area (Å²) in [6.07, 6.45) is 3.48. The number of hydrogen-bond acceptors (Lipinski definition) is 4. The maximum absolute atomic E-state index is 6.20. The molecule has 16 heavy (non-hydrogen) atoms. The summed E-state index contributed by atoms with van der Waals surface area (Å²) in [6.45, 7) is 2.75. The van der Waals surface area contributed by atoms with Gasteiger partial charge in [0.2, 0.25) is 0 Å². The van der Waals surface area contributed by atoms with E-state index in [2.05, 4.69) is 4.98 Å². The van der Waals surface area contributed by atoms with E-state index >= 15 is 0 Å². The Morgan fingerprint density at radius 3 is 3.00 bits per heavy atom. The Bertz CT molecular complexity index is 391. The van der Waals surface area contributed by atoms with Crippen LogP contribution >= 0.6 is 11.6 Å². The molecule has 4 N–H and O–H groups in total. The lowest BCUT2D eigenvalue weighted by molar-refractivity contribution is -0.00162. The van der Waals surface area contributed by atoms with Crippen LogP contribution in [0.1, 0.15) is 31.4 Å². The van der Waals surface area contributed by atoms with Gasteiger partial charge >= 0.3 is 0 Å². The lowest BCUT2D eigenvalue weighted by Gasteiger charge is -2.31. The third kappa shape index (κ3) is 2.00. The molecule has 2 heterocycles. The van der Waals surface area contributed by atoms with Crippen LogP contribution in [-0.4, -0.2) is 17.2 Å². The van der Waals surface area contributed by atoms with Crippen LogP contribution in [0.5, 0.6) is 0 Å². The van der Waals surface area contributed by atoms with Gasteiger partial charge in [-0.2, -0.15) is 0 Å². The van der Waals surface area contributed by atoms with Crippen molar-refractivity contribution in [3.05, 3.63) is 22.8 Å². The summed E-state index contributed by atoms with van der Waals surface area (Å²) in [5, 5.41) is 0.543. The van der Waals surface area contributed by atoms with E-state index in [1.165, 1.54) is 6.20 Å². The molecule has 0 aliphatic carbocycles. The molecule has 0 aromatic carbocycles. The minimum absolute atomic E-state index is 0.291. The molecular formula is C11H16ClN3O. The average molecular weight is 242 g/mol. The number of rotatable bonds is 2. The lowest BCUT2D eigenvalue weighted by atomic mass is 9.89. The van der Waals surface area contributed by atoms with Crippen LogP contribution in [-0.2, 0) is 4.74 Å². The number of ether oxygens (including phenoxy) is 1. The Balaban J connectivity index is 2.32. The minimum Gasteiger partial charge on any atom is -0.383 e. The molecule has 1 aromatic heterocycles. The topological polar surface area (TPSA) is 74.2 Å². The third-order valence-corrected chi connectivity index (χ3v) is 3.37. The number of pyridine rings is 1. The van der Waals surface area contributed by atoms with Crippen molar-refractivity contribution in [2.75, 3.05) is 12.3 Å². The van der Waals surface area contributed by atoms with Crippen LogP contribution in [0.15, 0.2) is 12.3 Å². The number of hydrogen-bond donors (Lipinski definition) is 2. The molecule has 0 radical (unpaired) electrons. The molecule has 1 aliphatic rings. The van der Waals surface area contributed by atoms with E-state index in [4.69, 9.17) is 27.8 Å². The molecule has 1 aliphatic heterocycles. The van der Waals surface area contributed by atoms with E-state index in [0.29, 0.717) is 10.8 Å². The Hall–Kier alpha value is -0.840. The van der Waals surface area contributed by atoms with Crippen LogP contribution < -0.4 is 11.5 Å². The van der Waals surface area contributed by atoms with E-state index in [-0.39, 0.29) is 11.6 Å². The van der Waals surface area contributed by atoms with Gasteiger partial charge in [-0.3, -0.25) is 0 Å². The van der Waals surface area contributed by atoms with Gasteiger partial charge in [0.15, 0.2) is 0 Å². The zero-order valence-electron chi connectivity index (χ0n) is 9.24. The second-order valence-corrected chi connectivity index (χ2v) is 4.81. The van der Waals surface area contributed by atoms with Crippen molar-refractivity contribution in [2.45, 2.75) is 31.4 Å². The second kappa shape index (κ2) is 4.20. The number of nitrogens with two attached hydrogens (primary N) is 2. The molecule has 1 fully saturated rings. The first-order valence-electron chi connectivity index (χ1n) is 5.33. The van der Waals surface area contributed by atoms with Crippen LogP contribution in [0, 0.1) is 0 Å². The van der Waals surface area contributed by atoms with Gasteiger partial charge in [-0.15, -0.1) is 0 Å². The van der Waals surface area contributed by atoms with Crippen LogP contribution in [0.2, 0.25) is 5.02 Å². The summed E-state index contributed by atoms with van der Waals surface area (Å²) in [7, 11) is 0. The Morgan fingerprint density at radius 2 is 2.38 bits per heavy atom. The molecule has 1 saturated heterocycles. The minimum atomic E-state index is -0.361. The van der Waals surface area contributed by atoms with Crippen molar-refractivity contribution in [1.29, 1.82) is 0 Å². The lowest BCUT2D eigenvalue weighted by Crippen LogP contribution is -2.38. The van der Waals surface area contributed by atoms with Crippen molar-refractivity contribution in [1.82, 2.24) is 4.98 Å². The highest BCUT2D eigenvalue weighted by atomic mass is 35.5. The maximum atomic E-state index is 6.20. The molecule has 0 amide bonds. The predicted molar refractivity (Wildman–Crippen MR) is 64.2 cm³/mol. The molecule has 0 bridgehead atoms. The van der Waals surface area contributed by atoms with Crippen molar-refractivity contribution in [3.63, 3.8) is 0 Å². The fourth-order valence-electron chi connectivity index (χ4n) is 2.09. The van der Waals surface area contributed by atoms with Gasteiger partial charge in [0, 0.05) is 18.4 Å². The standard InChI is InChI=1S/C11H16ClN3O/c1-11(3-2-4-16-11)9(13)8-5-7(12)6-15-10(8)14/h5-6,9H,2-4,13H2,1H3,(H2,14,15). The highest BCUT2D eigenvalue weighted by Crippen LogP contribution is 2.37. The summed E-state index contributed by atoms with van der Waals surface area (Å²) in [6, 6.07) is 1.47. The molecule has 2 atom stereocenters. The molecule has 4 nitrogen and oxygen atoms in total. The van der Waals surface area contributed by atoms with Crippen LogP contribution in [0.4, 0.5) is 5.82 Å². The predicted octanol–water partition coefficient (Wildman–Crippen LogP) is 1.89. The van der Waals surface area contributed by atoms with E-state index < -0.39 is 0 Å². The first kappa shape index (κ1) is 11.6. The third-order valence-electron chi connectivity index (χ3n) is 3.16. The monoisotopic (exact) mass is 241 g/mol. The van der Waals surface area contributed by atoms with Crippen molar-refractivity contribution < 1.29 is 4.74 Å². The number of nitrogen functional groups attached to an aromatic ring is 1. The van der Waals surface area contributed by atoms with Crippen molar-refractivity contribution in [2.24, 2.45) is 5.73 Å². The van der Waals surface area contributed by atoms with Gasteiger partial charge < -0.3 is 16.2 Å². The molecule has 2 rings (SSSR count). The Morgan fingerprint density at radius 1 is 1.62 bits per heavy atom. The molecule has 5 heteroatoms. The Labute approximate surface area is 99.9 Å². The number of anilines is 1. The number of aromatic nitrogens is 1. The summed E-state index contributed by atoms with van der Waals surface area (Å²) < 4.78 is 5.70. The van der Waals surface area contributed by atoms with Crippen molar-refractivity contribution in [3.8, 4) is 0 Å². The molecule has 2 unspecified atom stereocenters. The average Bonchev–Trinajstić information content (AvgIpc) is 2.69. The largest absolute Gasteiger partial charge is 0.383 e. The maximum Gasteiger partial charge on any atom is 0.128 e. The van der Waals surface area contributed by atoms with Gasteiger partial charge in [0.25, 0.3) is 0 Å². The van der Waals surface area contributed by atoms with E-state index in [1.54, 1.807) is 6.07 Å². The first-order chi connectivity index (χ1) is 7.53. The molecule has 88 valence electrons. The van der Waals surface area contributed by atoms with Gasteiger partial charge in [-0.05, 0) is 25.8 Å².